The highest BCUT2D eigenvalue weighted by molar-refractivity contribution is 7.80. The van der Waals surface area contributed by atoms with Crippen LogP contribution in [-0.4, -0.2) is 5.11 Å². The van der Waals surface area contributed by atoms with Gasteiger partial charge in [-0.1, -0.05) is 6.07 Å². The SMILES string of the molecule is Oc1c(F)sc2cccc(S)c12. The zero-order valence-corrected chi connectivity index (χ0v) is 7.62. The first-order chi connectivity index (χ1) is 5.70. The molecule has 0 spiro atoms. The van der Waals surface area contributed by atoms with Crippen LogP contribution in [0.2, 0.25) is 0 Å². The lowest BCUT2D eigenvalue weighted by Crippen LogP contribution is -1.68. The molecule has 2 rings (SSSR count). The van der Waals surface area contributed by atoms with E-state index in [1.54, 1.807) is 18.2 Å². The van der Waals surface area contributed by atoms with Gasteiger partial charge >= 0.3 is 0 Å². The van der Waals surface area contributed by atoms with Gasteiger partial charge in [0.15, 0.2) is 5.75 Å². The van der Waals surface area contributed by atoms with Crippen molar-refractivity contribution in [1.29, 1.82) is 0 Å². The third-order valence-electron chi connectivity index (χ3n) is 1.63. The Morgan fingerprint density at radius 2 is 2.17 bits per heavy atom. The fourth-order valence-electron chi connectivity index (χ4n) is 1.09. The first-order valence-electron chi connectivity index (χ1n) is 3.29. The van der Waals surface area contributed by atoms with Gasteiger partial charge in [-0.3, -0.25) is 0 Å². The van der Waals surface area contributed by atoms with Crippen molar-refractivity contribution in [2.45, 2.75) is 4.90 Å². The van der Waals surface area contributed by atoms with E-state index in [0.717, 1.165) is 16.0 Å². The van der Waals surface area contributed by atoms with Crippen molar-refractivity contribution < 1.29 is 9.50 Å². The smallest absolute Gasteiger partial charge is 0.219 e. The molecule has 0 bridgehead atoms. The summed E-state index contributed by atoms with van der Waals surface area (Å²) in [6, 6.07) is 5.25. The van der Waals surface area contributed by atoms with Crippen molar-refractivity contribution in [2.24, 2.45) is 0 Å². The standard InChI is InChI=1S/C8H5FOS2/c9-8-7(10)6-4(11)2-1-3-5(6)12-8/h1-3,10-11H. The normalized spacial score (nSPS) is 10.8. The van der Waals surface area contributed by atoms with E-state index in [4.69, 9.17) is 0 Å². The molecule has 2 aromatic rings. The second kappa shape index (κ2) is 2.64. The highest BCUT2D eigenvalue weighted by atomic mass is 32.1. The van der Waals surface area contributed by atoms with Crippen molar-refractivity contribution in [2.75, 3.05) is 0 Å². The maximum atomic E-state index is 12.8. The van der Waals surface area contributed by atoms with Gasteiger partial charge < -0.3 is 5.11 Å². The third kappa shape index (κ3) is 0.990. The van der Waals surface area contributed by atoms with E-state index in [9.17, 15) is 9.50 Å². The summed E-state index contributed by atoms with van der Waals surface area (Å²) in [7, 11) is 0. The lowest BCUT2D eigenvalue weighted by molar-refractivity contribution is 0.447. The molecule has 1 heterocycles. The van der Waals surface area contributed by atoms with Crippen LogP contribution < -0.4 is 0 Å². The first kappa shape index (κ1) is 7.89. The van der Waals surface area contributed by atoms with Crippen molar-refractivity contribution in [3.63, 3.8) is 0 Å². The molecule has 0 atom stereocenters. The van der Waals surface area contributed by atoms with Gasteiger partial charge in [-0.25, -0.2) is 0 Å². The van der Waals surface area contributed by atoms with Crippen LogP contribution >= 0.6 is 24.0 Å². The minimum atomic E-state index is -0.550. The van der Waals surface area contributed by atoms with Crippen LogP contribution in [0, 0.1) is 5.13 Å². The van der Waals surface area contributed by atoms with E-state index in [-0.39, 0.29) is 5.75 Å². The summed E-state index contributed by atoms with van der Waals surface area (Å²) >= 11 is 5.04. The van der Waals surface area contributed by atoms with Crippen LogP contribution in [0.25, 0.3) is 10.1 Å². The van der Waals surface area contributed by atoms with Gasteiger partial charge in [-0.2, -0.15) is 4.39 Å². The maximum absolute atomic E-state index is 12.8. The van der Waals surface area contributed by atoms with E-state index in [0.29, 0.717) is 10.3 Å². The minimum absolute atomic E-state index is 0.291. The monoisotopic (exact) mass is 200 g/mol. The van der Waals surface area contributed by atoms with Gasteiger partial charge in [0, 0.05) is 9.60 Å². The lowest BCUT2D eigenvalue weighted by Gasteiger charge is -1.93. The molecule has 0 aliphatic carbocycles. The zero-order chi connectivity index (χ0) is 8.72. The molecule has 0 radical (unpaired) electrons. The Labute approximate surface area is 77.9 Å². The molecule has 1 aromatic carbocycles. The number of thiophene rings is 1. The number of thiol groups is 1. The van der Waals surface area contributed by atoms with Crippen LogP contribution in [-0.2, 0) is 0 Å². The van der Waals surface area contributed by atoms with Crippen molar-refractivity contribution >= 4 is 34.1 Å². The van der Waals surface area contributed by atoms with Gasteiger partial charge in [-0.15, -0.1) is 24.0 Å². The molecule has 1 N–H and O–H groups in total. The molecule has 62 valence electrons. The van der Waals surface area contributed by atoms with Crippen LogP contribution in [0.4, 0.5) is 4.39 Å². The molecular formula is C8H5FOS2. The quantitative estimate of drug-likeness (QED) is 0.626. The molecule has 0 unspecified atom stereocenters. The molecule has 12 heavy (non-hydrogen) atoms. The van der Waals surface area contributed by atoms with Gasteiger partial charge in [0.1, 0.15) is 0 Å². The first-order valence-corrected chi connectivity index (χ1v) is 4.55. The van der Waals surface area contributed by atoms with E-state index >= 15 is 0 Å². The van der Waals surface area contributed by atoms with E-state index in [2.05, 4.69) is 12.6 Å². The maximum Gasteiger partial charge on any atom is 0.219 e. The Bertz CT molecular complexity index is 436. The fourth-order valence-corrected chi connectivity index (χ4v) is 2.32. The second-order valence-corrected chi connectivity index (χ2v) is 3.86. The van der Waals surface area contributed by atoms with Crippen LogP contribution in [0.3, 0.4) is 0 Å². The molecule has 0 fully saturated rings. The largest absolute Gasteiger partial charge is 0.504 e. The predicted molar refractivity (Wildman–Crippen MR) is 50.7 cm³/mol. The van der Waals surface area contributed by atoms with Gasteiger partial charge in [0.2, 0.25) is 5.13 Å². The number of fused-ring (bicyclic) bond motifs is 1. The Hall–Kier alpha value is -0.740. The summed E-state index contributed by atoms with van der Waals surface area (Å²) in [5.41, 5.74) is 0. The molecule has 1 nitrogen and oxygen atoms in total. The summed E-state index contributed by atoms with van der Waals surface area (Å²) in [4.78, 5) is 0.602. The Balaban J connectivity index is 2.97. The third-order valence-corrected chi connectivity index (χ3v) is 2.93. The van der Waals surface area contributed by atoms with E-state index in [1.165, 1.54) is 0 Å². The summed E-state index contributed by atoms with van der Waals surface area (Å²) in [6.07, 6.45) is 0. The van der Waals surface area contributed by atoms with Crippen molar-refractivity contribution in [3.05, 3.63) is 23.3 Å². The molecule has 0 aliphatic heterocycles. The summed E-state index contributed by atoms with van der Waals surface area (Å²) < 4.78 is 13.6. The molecule has 0 saturated carbocycles. The molecule has 1 aromatic heterocycles. The second-order valence-electron chi connectivity index (χ2n) is 2.37. The average Bonchev–Trinajstić information content (AvgIpc) is 2.29. The average molecular weight is 200 g/mol. The fraction of sp³-hybridized carbons (Fsp3) is 0. The number of halogens is 1. The molecule has 0 saturated heterocycles. The van der Waals surface area contributed by atoms with E-state index in [1.807, 2.05) is 0 Å². The van der Waals surface area contributed by atoms with Crippen LogP contribution in [0.1, 0.15) is 0 Å². The summed E-state index contributed by atoms with van der Waals surface area (Å²) in [5, 5.41) is 9.22. The summed E-state index contributed by atoms with van der Waals surface area (Å²) in [5.74, 6) is -0.291. The highest BCUT2D eigenvalue weighted by Crippen LogP contribution is 2.38. The number of aromatic hydroxyl groups is 1. The van der Waals surface area contributed by atoms with Crippen molar-refractivity contribution in [1.82, 2.24) is 0 Å². The molecule has 4 heteroatoms. The molecule has 0 aliphatic rings. The summed E-state index contributed by atoms with van der Waals surface area (Å²) in [6.45, 7) is 0. The topological polar surface area (TPSA) is 20.2 Å². The number of rotatable bonds is 0. The highest BCUT2D eigenvalue weighted by Gasteiger charge is 2.11. The Morgan fingerprint density at radius 3 is 2.83 bits per heavy atom. The van der Waals surface area contributed by atoms with Crippen molar-refractivity contribution in [3.8, 4) is 5.75 Å². The van der Waals surface area contributed by atoms with Gasteiger partial charge in [0.25, 0.3) is 0 Å². The van der Waals surface area contributed by atoms with Gasteiger partial charge in [0.05, 0.1) is 5.39 Å². The Morgan fingerprint density at radius 1 is 1.42 bits per heavy atom. The van der Waals surface area contributed by atoms with Crippen LogP contribution in [0.15, 0.2) is 23.1 Å². The van der Waals surface area contributed by atoms with Gasteiger partial charge in [-0.05, 0) is 12.1 Å². The number of hydrogen-bond donors (Lipinski definition) is 2. The zero-order valence-electron chi connectivity index (χ0n) is 5.91. The molecular weight excluding hydrogens is 195 g/mol. The van der Waals surface area contributed by atoms with E-state index < -0.39 is 5.13 Å². The molecule has 0 amide bonds. The lowest BCUT2D eigenvalue weighted by atomic mass is 10.2. The Kier molecular flexibility index (Phi) is 1.73. The van der Waals surface area contributed by atoms with Crippen LogP contribution in [0.5, 0.6) is 5.75 Å². The number of benzene rings is 1. The minimum Gasteiger partial charge on any atom is -0.504 e. The predicted octanol–water partition coefficient (Wildman–Crippen LogP) is 3.03. The number of hydrogen-bond acceptors (Lipinski definition) is 3.